The molecule has 1 unspecified atom stereocenters. The molecular formula is C20H23ClN4O2. The number of nitrogens with one attached hydrogen (secondary N) is 1. The summed E-state index contributed by atoms with van der Waals surface area (Å²) < 4.78 is 5.97. The van der Waals surface area contributed by atoms with Crippen LogP contribution in [0.25, 0.3) is 11.3 Å². The molecular weight excluding hydrogens is 364 g/mol. The Kier molecular flexibility index (Phi) is 5.55. The molecule has 2 aliphatic rings. The summed E-state index contributed by atoms with van der Waals surface area (Å²) in [6, 6.07) is 3.89. The lowest BCUT2D eigenvalue weighted by Gasteiger charge is -2.25. The third-order valence-corrected chi connectivity index (χ3v) is 5.34. The highest BCUT2D eigenvalue weighted by Gasteiger charge is 2.27. The van der Waals surface area contributed by atoms with Crippen LogP contribution in [-0.4, -0.2) is 53.1 Å². The second-order valence-corrected chi connectivity index (χ2v) is 7.53. The van der Waals surface area contributed by atoms with Gasteiger partial charge in [0, 0.05) is 29.9 Å². The van der Waals surface area contributed by atoms with Crippen molar-refractivity contribution in [2.75, 3.05) is 26.2 Å². The molecule has 1 N–H and O–H groups in total. The third-order valence-electron chi connectivity index (χ3n) is 5.05. The van der Waals surface area contributed by atoms with Gasteiger partial charge in [-0.05, 0) is 38.1 Å². The number of hydrogen-bond acceptors (Lipinski definition) is 5. The average Bonchev–Trinajstić information content (AvgIpc) is 3.12. The van der Waals surface area contributed by atoms with Gasteiger partial charge >= 0.3 is 0 Å². The molecule has 0 saturated carbocycles. The van der Waals surface area contributed by atoms with Crippen LogP contribution in [0.2, 0.25) is 5.02 Å². The van der Waals surface area contributed by atoms with Gasteiger partial charge in [0.1, 0.15) is 11.9 Å². The van der Waals surface area contributed by atoms with E-state index in [1.54, 1.807) is 18.6 Å². The van der Waals surface area contributed by atoms with Gasteiger partial charge in [-0.1, -0.05) is 18.0 Å². The van der Waals surface area contributed by atoms with E-state index in [4.69, 9.17) is 16.3 Å². The SMILES string of the molecule is O=C(CN1CCCCC1)NCC1Cc2cc(-c3cnccn3)cc(Cl)c2O1. The van der Waals surface area contributed by atoms with Gasteiger partial charge in [0.25, 0.3) is 0 Å². The molecule has 142 valence electrons. The maximum Gasteiger partial charge on any atom is 0.234 e. The minimum atomic E-state index is -0.0973. The topological polar surface area (TPSA) is 67.4 Å². The third kappa shape index (κ3) is 4.39. The molecule has 27 heavy (non-hydrogen) atoms. The summed E-state index contributed by atoms with van der Waals surface area (Å²) in [6.45, 7) is 2.98. The Labute approximate surface area is 163 Å². The zero-order chi connectivity index (χ0) is 18.6. The minimum absolute atomic E-state index is 0.0582. The quantitative estimate of drug-likeness (QED) is 0.855. The number of carbonyl (C=O) groups excluding carboxylic acids is 1. The lowest BCUT2D eigenvalue weighted by atomic mass is 10.0. The van der Waals surface area contributed by atoms with Gasteiger partial charge in [-0.3, -0.25) is 19.7 Å². The fourth-order valence-corrected chi connectivity index (χ4v) is 3.99. The Balaban J connectivity index is 1.35. The monoisotopic (exact) mass is 386 g/mol. The van der Waals surface area contributed by atoms with E-state index < -0.39 is 0 Å². The van der Waals surface area contributed by atoms with Crippen molar-refractivity contribution in [3.63, 3.8) is 0 Å². The average molecular weight is 387 g/mol. The molecule has 0 bridgehead atoms. The number of halogens is 1. The fraction of sp³-hybridized carbons (Fsp3) is 0.450. The Morgan fingerprint density at radius 1 is 1.26 bits per heavy atom. The van der Waals surface area contributed by atoms with Gasteiger partial charge in [-0.25, -0.2) is 0 Å². The van der Waals surface area contributed by atoms with Crippen molar-refractivity contribution in [1.29, 1.82) is 0 Å². The molecule has 3 heterocycles. The van der Waals surface area contributed by atoms with Crippen molar-refractivity contribution in [3.8, 4) is 17.0 Å². The zero-order valence-corrected chi connectivity index (χ0v) is 15.9. The molecule has 1 amide bonds. The molecule has 2 aliphatic heterocycles. The largest absolute Gasteiger partial charge is 0.486 e. The first-order valence-corrected chi connectivity index (χ1v) is 9.81. The summed E-state index contributed by atoms with van der Waals surface area (Å²) in [4.78, 5) is 22.8. The van der Waals surface area contributed by atoms with E-state index in [0.29, 0.717) is 30.3 Å². The summed E-state index contributed by atoms with van der Waals surface area (Å²) in [6.07, 6.45) is 9.27. The van der Waals surface area contributed by atoms with Gasteiger partial charge in [-0.15, -0.1) is 0 Å². The number of aromatic nitrogens is 2. The molecule has 6 nitrogen and oxygen atoms in total. The lowest BCUT2D eigenvalue weighted by Crippen LogP contribution is -2.42. The smallest absolute Gasteiger partial charge is 0.234 e. The van der Waals surface area contributed by atoms with Crippen molar-refractivity contribution in [3.05, 3.63) is 41.3 Å². The van der Waals surface area contributed by atoms with Crippen LogP contribution in [0.5, 0.6) is 5.75 Å². The molecule has 0 radical (unpaired) electrons. The summed E-state index contributed by atoms with van der Waals surface area (Å²) in [5.74, 6) is 0.766. The van der Waals surface area contributed by atoms with Crippen LogP contribution < -0.4 is 10.1 Å². The number of fused-ring (bicyclic) bond motifs is 1. The number of ether oxygens (including phenoxy) is 1. The Bertz CT molecular complexity index is 809. The van der Waals surface area contributed by atoms with Crippen LogP contribution >= 0.6 is 11.6 Å². The summed E-state index contributed by atoms with van der Waals surface area (Å²) >= 11 is 6.41. The number of piperidine rings is 1. The summed E-state index contributed by atoms with van der Waals surface area (Å²) in [5, 5.41) is 3.57. The molecule has 1 saturated heterocycles. The number of nitrogens with zero attached hydrogens (tertiary/aromatic N) is 3. The van der Waals surface area contributed by atoms with Crippen molar-refractivity contribution in [1.82, 2.24) is 20.2 Å². The molecule has 1 aromatic heterocycles. The van der Waals surface area contributed by atoms with Crippen LogP contribution in [0.3, 0.4) is 0 Å². The maximum atomic E-state index is 12.2. The van der Waals surface area contributed by atoms with E-state index in [0.717, 1.165) is 29.9 Å². The fourth-order valence-electron chi connectivity index (χ4n) is 3.70. The summed E-state index contributed by atoms with van der Waals surface area (Å²) in [5.41, 5.74) is 2.74. The van der Waals surface area contributed by atoms with E-state index >= 15 is 0 Å². The molecule has 1 atom stereocenters. The summed E-state index contributed by atoms with van der Waals surface area (Å²) in [7, 11) is 0. The number of amides is 1. The first-order valence-electron chi connectivity index (χ1n) is 9.43. The zero-order valence-electron chi connectivity index (χ0n) is 15.2. The van der Waals surface area contributed by atoms with Crippen molar-refractivity contribution >= 4 is 17.5 Å². The van der Waals surface area contributed by atoms with E-state index in [1.165, 1.54) is 19.3 Å². The molecule has 0 spiro atoms. The molecule has 7 heteroatoms. The second-order valence-electron chi connectivity index (χ2n) is 7.12. The highest BCUT2D eigenvalue weighted by molar-refractivity contribution is 6.32. The molecule has 1 fully saturated rings. The van der Waals surface area contributed by atoms with E-state index in [2.05, 4.69) is 20.2 Å². The van der Waals surface area contributed by atoms with Gasteiger partial charge in [0.05, 0.1) is 30.0 Å². The van der Waals surface area contributed by atoms with Crippen molar-refractivity contribution < 1.29 is 9.53 Å². The van der Waals surface area contributed by atoms with Gasteiger partial charge in [0.2, 0.25) is 5.91 Å². The van der Waals surface area contributed by atoms with Crippen LogP contribution in [-0.2, 0) is 11.2 Å². The van der Waals surface area contributed by atoms with E-state index in [9.17, 15) is 4.79 Å². The van der Waals surface area contributed by atoms with Crippen LogP contribution in [0, 0.1) is 0 Å². The normalized spacial score (nSPS) is 19.4. The van der Waals surface area contributed by atoms with Crippen LogP contribution in [0.15, 0.2) is 30.7 Å². The highest BCUT2D eigenvalue weighted by atomic mass is 35.5. The molecule has 1 aromatic carbocycles. The van der Waals surface area contributed by atoms with Gasteiger partial charge in [0.15, 0.2) is 0 Å². The Morgan fingerprint density at radius 3 is 2.89 bits per heavy atom. The molecule has 2 aromatic rings. The van der Waals surface area contributed by atoms with Crippen LogP contribution in [0.1, 0.15) is 24.8 Å². The minimum Gasteiger partial charge on any atom is -0.486 e. The molecule has 0 aliphatic carbocycles. The van der Waals surface area contributed by atoms with E-state index in [1.807, 2.05) is 12.1 Å². The first kappa shape index (κ1) is 18.2. The van der Waals surface area contributed by atoms with Crippen molar-refractivity contribution in [2.24, 2.45) is 0 Å². The number of benzene rings is 1. The van der Waals surface area contributed by atoms with E-state index in [-0.39, 0.29) is 12.0 Å². The number of hydrogen-bond donors (Lipinski definition) is 1. The number of likely N-dealkylation sites (tertiary alicyclic amines) is 1. The second kappa shape index (κ2) is 8.23. The maximum absolute atomic E-state index is 12.2. The Morgan fingerprint density at radius 2 is 2.11 bits per heavy atom. The predicted molar refractivity (Wildman–Crippen MR) is 104 cm³/mol. The van der Waals surface area contributed by atoms with Crippen LogP contribution in [0.4, 0.5) is 0 Å². The molecule has 4 rings (SSSR count). The standard InChI is InChI=1S/C20H23ClN4O2/c21-17-10-14(18-12-22-4-5-23-18)8-15-9-16(27-20(15)17)11-24-19(26)13-25-6-2-1-3-7-25/h4-5,8,10,12,16H,1-3,6-7,9,11,13H2,(H,24,26). The highest BCUT2D eigenvalue weighted by Crippen LogP contribution is 2.39. The van der Waals surface area contributed by atoms with Gasteiger partial charge < -0.3 is 10.1 Å². The number of rotatable bonds is 5. The lowest BCUT2D eigenvalue weighted by molar-refractivity contribution is -0.122. The predicted octanol–water partition coefficient (Wildman–Crippen LogP) is 2.70. The number of carbonyl (C=O) groups is 1. The first-order chi connectivity index (χ1) is 13.2. The van der Waals surface area contributed by atoms with Gasteiger partial charge in [-0.2, -0.15) is 0 Å². The van der Waals surface area contributed by atoms with Crippen molar-refractivity contribution in [2.45, 2.75) is 31.8 Å². The Hall–Kier alpha value is -2.18.